The van der Waals surface area contributed by atoms with Crippen molar-refractivity contribution in [3.63, 3.8) is 0 Å². The SMILES string of the molecule is CCC(O)C(C)(C)C#N.COc1cc2ccc1OC2. The second-order valence-electron chi connectivity index (χ2n) is 5.03. The zero-order chi connectivity index (χ0) is 14.5. The Kier molecular flexibility index (Phi) is 5.20. The molecule has 0 fully saturated rings. The first-order chi connectivity index (χ1) is 8.94. The topological polar surface area (TPSA) is 62.5 Å². The molecule has 2 aliphatic heterocycles. The quantitative estimate of drug-likeness (QED) is 0.910. The third-order valence-corrected chi connectivity index (χ3v) is 3.13. The van der Waals surface area contributed by atoms with Crippen molar-refractivity contribution >= 4 is 0 Å². The van der Waals surface area contributed by atoms with Crippen LogP contribution in [0.1, 0.15) is 32.8 Å². The largest absolute Gasteiger partial charge is 0.493 e. The maximum absolute atomic E-state index is 9.16. The predicted octanol–water partition coefficient (Wildman–Crippen LogP) is 2.89. The van der Waals surface area contributed by atoms with Crippen molar-refractivity contribution in [2.75, 3.05) is 7.11 Å². The first kappa shape index (κ1) is 15.3. The van der Waals surface area contributed by atoms with Gasteiger partial charge >= 0.3 is 0 Å². The molecule has 3 rings (SSSR count). The van der Waals surface area contributed by atoms with Crippen molar-refractivity contribution in [1.82, 2.24) is 0 Å². The van der Waals surface area contributed by atoms with Gasteiger partial charge in [-0.1, -0.05) is 13.0 Å². The predicted molar refractivity (Wildman–Crippen MR) is 73.0 cm³/mol. The van der Waals surface area contributed by atoms with E-state index in [-0.39, 0.29) is 0 Å². The first-order valence-electron chi connectivity index (χ1n) is 6.33. The van der Waals surface area contributed by atoms with Gasteiger partial charge in [-0.3, -0.25) is 0 Å². The lowest BCUT2D eigenvalue weighted by atomic mass is 9.87. The highest BCUT2D eigenvalue weighted by atomic mass is 16.5. The number of aliphatic hydroxyl groups is 1. The molecule has 1 aromatic rings. The molecule has 2 aliphatic rings. The third-order valence-electron chi connectivity index (χ3n) is 3.13. The summed E-state index contributed by atoms with van der Waals surface area (Å²) >= 11 is 0. The Morgan fingerprint density at radius 2 is 2.21 bits per heavy atom. The molecule has 1 unspecified atom stereocenters. The second-order valence-corrected chi connectivity index (χ2v) is 5.03. The lowest BCUT2D eigenvalue weighted by molar-refractivity contribution is 0.0831. The van der Waals surface area contributed by atoms with Gasteiger partial charge in [0.15, 0.2) is 11.5 Å². The average molecular weight is 263 g/mol. The van der Waals surface area contributed by atoms with Crippen LogP contribution < -0.4 is 9.47 Å². The van der Waals surface area contributed by atoms with E-state index in [0.717, 1.165) is 11.5 Å². The molecular formula is C15H21NO3. The van der Waals surface area contributed by atoms with Crippen LogP contribution in [-0.4, -0.2) is 18.3 Å². The number of benzene rings is 1. The van der Waals surface area contributed by atoms with Gasteiger partial charge in [-0.05, 0) is 38.0 Å². The van der Waals surface area contributed by atoms with Crippen LogP contribution >= 0.6 is 0 Å². The van der Waals surface area contributed by atoms with Crippen molar-refractivity contribution in [2.24, 2.45) is 5.41 Å². The normalized spacial score (nSPS) is 13.7. The molecule has 1 aromatic carbocycles. The van der Waals surface area contributed by atoms with Crippen LogP contribution in [0.15, 0.2) is 18.2 Å². The highest BCUT2D eigenvalue weighted by Gasteiger charge is 2.25. The van der Waals surface area contributed by atoms with Crippen LogP contribution in [0.25, 0.3) is 0 Å². The van der Waals surface area contributed by atoms with E-state index in [1.54, 1.807) is 21.0 Å². The molecule has 2 bridgehead atoms. The molecule has 4 heteroatoms. The van der Waals surface area contributed by atoms with E-state index in [2.05, 4.69) is 0 Å². The van der Waals surface area contributed by atoms with Crippen molar-refractivity contribution in [3.05, 3.63) is 23.8 Å². The number of hydrogen-bond donors (Lipinski definition) is 1. The number of nitriles is 1. The lowest BCUT2D eigenvalue weighted by Gasteiger charge is -2.20. The summed E-state index contributed by atoms with van der Waals surface area (Å²) in [6.45, 7) is 6.03. The summed E-state index contributed by atoms with van der Waals surface area (Å²) in [6.07, 6.45) is 0.142. The molecule has 2 heterocycles. The number of rotatable bonds is 3. The maximum Gasteiger partial charge on any atom is 0.161 e. The molecule has 4 nitrogen and oxygen atoms in total. The van der Waals surface area contributed by atoms with Crippen LogP contribution in [-0.2, 0) is 6.61 Å². The van der Waals surface area contributed by atoms with Crippen LogP contribution in [0.4, 0.5) is 0 Å². The van der Waals surface area contributed by atoms with Crippen LogP contribution in [0.5, 0.6) is 11.5 Å². The smallest absolute Gasteiger partial charge is 0.161 e. The summed E-state index contributed by atoms with van der Waals surface area (Å²) in [5, 5.41) is 17.6. The molecule has 0 amide bonds. The molecule has 1 atom stereocenters. The van der Waals surface area contributed by atoms with E-state index in [9.17, 15) is 0 Å². The fourth-order valence-corrected chi connectivity index (χ4v) is 1.67. The number of ether oxygens (including phenoxy) is 2. The average Bonchev–Trinajstić information content (AvgIpc) is 2.48. The maximum atomic E-state index is 9.16. The van der Waals surface area contributed by atoms with E-state index in [1.165, 1.54) is 5.56 Å². The monoisotopic (exact) mass is 263 g/mol. The van der Waals surface area contributed by atoms with Gasteiger partial charge in [0, 0.05) is 0 Å². The van der Waals surface area contributed by atoms with Gasteiger partial charge in [0.2, 0.25) is 0 Å². The van der Waals surface area contributed by atoms with Gasteiger partial charge < -0.3 is 14.6 Å². The number of hydrogen-bond acceptors (Lipinski definition) is 4. The molecule has 0 spiro atoms. The minimum atomic E-state index is -0.589. The van der Waals surface area contributed by atoms with Gasteiger partial charge in [0.1, 0.15) is 6.61 Å². The van der Waals surface area contributed by atoms with Gasteiger partial charge in [0.25, 0.3) is 0 Å². The molecule has 0 radical (unpaired) electrons. The Hall–Kier alpha value is -1.73. The molecule has 19 heavy (non-hydrogen) atoms. The number of methoxy groups -OCH3 is 1. The van der Waals surface area contributed by atoms with E-state index < -0.39 is 11.5 Å². The fourth-order valence-electron chi connectivity index (χ4n) is 1.67. The molecule has 104 valence electrons. The Labute approximate surface area is 114 Å². The van der Waals surface area contributed by atoms with E-state index in [4.69, 9.17) is 19.8 Å². The Bertz CT molecular complexity index is 463. The van der Waals surface area contributed by atoms with Crippen LogP contribution in [0.2, 0.25) is 0 Å². The summed E-state index contributed by atoms with van der Waals surface area (Å²) in [5.74, 6) is 1.68. The molecule has 0 aromatic heterocycles. The van der Waals surface area contributed by atoms with Gasteiger partial charge in [0.05, 0.1) is 24.7 Å². The second kappa shape index (κ2) is 6.44. The highest BCUT2D eigenvalue weighted by Crippen LogP contribution is 2.32. The first-order valence-corrected chi connectivity index (χ1v) is 6.33. The standard InChI is InChI=1S/C8H8O2.C7H13NO/c1-9-8-4-6-2-3-7(8)10-5-6;1-4-6(9)7(2,3)5-8/h2-4H,5H2,1H3;6,9H,4H2,1-3H3. The summed E-state index contributed by atoms with van der Waals surface area (Å²) < 4.78 is 10.3. The Morgan fingerprint density at radius 1 is 1.53 bits per heavy atom. The minimum absolute atomic E-state index is 0.498. The van der Waals surface area contributed by atoms with Crippen molar-refractivity contribution in [3.8, 4) is 17.6 Å². The van der Waals surface area contributed by atoms with Crippen LogP contribution in [0.3, 0.4) is 0 Å². The zero-order valence-corrected chi connectivity index (χ0v) is 11.9. The molecule has 1 N–H and O–H groups in total. The van der Waals surface area contributed by atoms with E-state index in [0.29, 0.717) is 13.0 Å². The number of fused-ring (bicyclic) bond motifs is 3. The molecule has 0 saturated carbocycles. The van der Waals surface area contributed by atoms with Crippen molar-refractivity contribution in [2.45, 2.75) is 39.9 Å². The van der Waals surface area contributed by atoms with Crippen molar-refractivity contribution in [1.29, 1.82) is 5.26 Å². The Morgan fingerprint density at radius 3 is 2.42 bits per heavy atom. The molecule has 0 saturated heterocycles. The Balaban J connectivity index is 0.000000192. The summed E-state index contributed by atoms with van der Waals surface area (Å²) in [4.78, 5) is 0. The summed E-state index contributed by atoms with van der Waals surface area (Å²) in [7, 11) is 1.65. The molecule has 0 aliphatic carbocycles. The minimum Gasteiger partial charge on any atom is -0.493 e. The van der Waals surface area contributed by atoms with Gasteiger partial charge in [-0.15, -0.1) is 0 Å². The van der Waals surface area contributed by atoms with Crippen LogP contribution in [0, 0.1) is 16.7 Å². The number of nitrogens with zero attached hydrogens (tertiary/aromatic N) is 1. The zero-order valence-electron chi connectivity index (χ0n) is 11.9. The van der Waals surface area contributed by atoms with E-state index >= 15 is 0 Å². The summed E-state index contributed by atoms with van der Waals surface area (Å²) in [6, 6.07) is 8.01. The van der Waals surface area contributed by atoms with E-state index in [1.807, 2.05) is 31.2 Å². The summed E-state index contributed by atoms with van der Waals surface area (Å²) in [5.41, 5.74) is 0.584. The van der Waals surface area contributed by atoms with Crippen molar-refractivity contribution < 1.29 is 14.6 Å². The number of aliphatic hydroxyl groups excluding tert-OH is 1. The lowest BCUT2D eigenvalue weighted by Crippen LogP contribution is -2.26. The fraction of sp³-hybridized carbons (Fsp3) is 0.533. The molecular weight excluding hydrogens is 242 g/mol. The highest BCUT2D eigenvalue weighted by molar-refractivity contribution is 5.45. The van der Waals surface area contributed by atoms with Gasteiger partial charge in [-0.25, -0.2) is 0 Å². The van der Waals surface area contributed by atoms with Gasteiger partial charge in [-0.2, -0.15) is 5.26 Å². The third kappa shape index (κ3) is 3.87.